The number of hydrogen-bond donors (Lipinski definition) is 0. The van der Waals surface area contributed by atoms with Crippen LogP contribution in [0.5, 0.6) is 0 Å². The maximum Gasteiger partial charge on any atom is 0.306 e. The molecule has 6 nitrogen and oxygen atoms in total. The lowest BCUT2D eigenvalue weighted by Crippen LogP contribution is -2.30. The van der Waals surface area contributed by atoms with Gasteiger partial charge in [-0.25, -0.2) is 0 Å². The highest BCUT2D eigenvalue weighted by Gasteiger charge is 2.19. The van der Waals surface area contributed by atoms with Gasteiger partial charge in [-0.15, -0.1) is 0 Å². The van der Waals surface area contributed by atoms with Crippen LogP contribution in [-0.2, 0) is 28.6 Å². The number of hydrogen-bond acceptors (Lipinski definition) is 6. The number of allylic oxidation sites excluding steroid dienone is 20. The van der Waals surface area contributed by atoms with Gasteiger partial charge in [0.25, 0.3) is 0 Å². The first kappa shape index (κ1) is 59.8. The zero-order valence-corrected chi connectivity index (χ0v) is 41.0. The maximum atomic E-state index is 12.8. The van der Waals surface area contributed by atoms with Crippen molar-refractivity contribution in [2.24, 2.45) is 0 Å². The van der Waals surface area contributed by atoms with E-state index in [2.05, 4.69) is 142 Å². The summed E-state index contributed by atoms with van der Waals surface area (Å²) in [5.41, 5.74) is 0. The standard InChI is InChI=1S/C58H92O6/c1-4-7-10-13-16-19-22-25-27-28-29-30-32-33-36-39-42-45-48-51-57(60)63-54-55(53-62-56(59)50-47-44-41-38-35-24-21-18-15-12-9-6-3)64-58(61)52-49-46-43-40-37-34-31-26-23-20-17-14-11-8-5-2/h7-12,14,16-21,23,25,27,29-30,35,38,55H,4-6,13,15,22,24,26,28,31-34,36-37,39-54H2,1-3H3/b10-7-,11-8-,12-9-,17-14-,19-16-,21-18-,23-20-,27-25-,30-29-,38-35-. The molecule has 64 heavy (non-hydrogen) atoms. The van der Waals surface area contributed by atoms with Crippen LogP contribution in [0.4, 0.5) is 0 Å². The SMILES string of the molecule is CC\C=C/C=C\C=C/CCCCCCCCCC(=O)OC(COC(=O)CCCC/C=C\C/C=C\C/C=C\CC)COC(=O)CCCCCCCC/C=C\C/C=C\C/C=C\C/C=C\CC. The summed E-state index contributed by atoms with van der Waals surface area (Å²) in [6.07, 6.45) is 70.4. The fraction of sp³-hybridized carbons (Fsp3) is 0.603. The van der Waals surface area contributed by atoms with Crippen molar-refractivity contribution >= 4 is 17.9 Å². The van der Waals surface area contributed by atoms with Gasteiger partial charge in [0.15, 0.2) is 6.10 Å². The topological polar surface area (TPSA) is 78.9 Å². The van der Waals surface area contributed by atoms with Crippen LogP contribution in [0, 0.1) is 0 Å². The van der Waals surface area contributed by atoms with Crippen LogP contribution in [0.1, 0.15) is 207 Å². The van der Waals surface area contributed by atoms with Crippen molar-refractivity contribution in [1.29, 1.82) is 0 Å². The number of carbonyl (C=O) groups excluding carboxylic acids is 3. The minimum atomic E-state index is -0.809. The smallest absolute Gasteiger partial charge is 0.306 e. The number of esters is 3. The van der Waals surface area contributed by atoms with Crippen LogP contribution >= 0.6 is 0 Å². The van der Waals surface area contributed by atoms with Crippen molar-refractivity contribution in [1.82, 2.24) is 0 Å². The Morgan fingerprint density at radius 3 is 1.08 bits per heavy atom. The molecule has 0 radical (unpaired) electrons. The quantitative estimate of drug-likeness (QED) is 0.0199. The third-order valence-electron chi connectivity index (χ3n) is 10.3. The van der Waals surface area contributed by atoms with E-state index in [-0.39, 0.29) is 31.1 Å². The fourth-order valence-corrected chi connectivity index (χ4v) is 6.50. The first-order valence-electron chi connectivity index (χ1n) is 25.6. The molecule has 360 valence electrons. The Labute approximate surface area is 392 Å². The number of rotatable bonds is 44. The summed E-state index contributed by atoms with van der Waals surface area (Å²) in [7, 11) is 0. The van der Waals surface area contributed by atoms with Gasteiger partial charge in [0, 0.05) is 19.3 Å². The largest absolute Gasteiger partial charge is 0.462 e. The van der Waals surface area contributed by atoms with Crippen molar-refractivity contribution in [3.05, 3.63) is 122 Å². The third-order valence-corrected chi connectivity index (χ3v) is 10.3. The Bertz CT molecular complexity index is 1390. The molecule has 0 N–H and O–H groups in total. The van der Waals surface area contributed by atoms with E-state index in [1.165, 1.54) is 32.1 Å². The first-order chi connectivity index (χ1) is 31.5. The van der Waals surface area contributed by atoms with Crippen molar-refractivity contribution in [2.45, 2.75) is 213 Å². The lowest BCUT2D eigenvalue weighted by molar-refractivity contribution is -0.167. The molecule has 0 saturated heterocycles. The predicted molar refractivity (Wildman–Crippen MR) is 274 cm³/mol. The van der Waals surface area contributed by atoms with Crippen LogP contribution in [0.15, 0.2) is 122 Å². The molecular weight excluding hydrogens is 793 g/mol. The highest BCUT2D eigenvalue weighted by atomic mass is 16.6. The van der Waals surface area contributed by atoms with Gasteiger partial charge in [-0.1, -0.05) is 200 Å². The summed E-state index contributed by atoms with van der Waals surface area (Å²) in [5, 5.41) is 0. The second-order valence-electron chi connectivity index (χ2n) is 16.3. The second-order valence-corrected chi connectivity index (χ2v) is 16.3. The zero-order valence-electron chi connectivity index (χ0n) is 41.0. The Morgan fingerprint density at radius 1 is 0.328 bits per heavy atom. The van der Waals surface area contributed by atoms with Gasteiger partial charge in [-0.2, -0.15) is 0 Å². The Hall–Kier alpha value is -4.19. The molecule has 0 rings (SSSR count). The normalized spacial score (nSPS) is 13.1. The van der Waals surface area contributed by atoms with E-state index < -0.39 is 6.10 Å². The van der Waals surface area contributed by atoms with E-state index in [1.54, 1.807) is 0 Å². The minimum absolute atomic E-state index is 0.106. The lowest BCUT2D eigenvalue weighted by atomic mass is 10.1. The van der Waals surface area contributed by atoms with Gasteiger partial charge in [-0.05, 0) is 109 Å². The highest BCUT2D eigenvalue weighted by Crippen LogP contribution is 2.13. The number of carbonyl (C=O) groups is 3. The van der Waals surface area contributed by atoms with Crippen LogP contribution in [0.25, 0.3) is 0 Å². The molecule has 0 aliphatic carbocycles. The van der Waals surface area contributed by atoms with Crippen LogP contribution in [0.3, 0.4) is 0 Å². The molecule has 0 fully saturated rings. The van der Waals surface area contributed by atoms with Crippen LogP contribution < -0.4 is 0 Å². The average molecular weight is 885 g/mol. The third kappa shape index (κ3) is 48.8. The van der Waals surface area contributed by atoms with Gasteiger partial charge >= 0.3 is 17.9 Å². The van der Waals surface area contributed by atoms with Crippen LogP contribution in [0.2, 0.25) is 0 Å². The van der Waals surface area contributed by atoms with Crippen molar-refractivity contribution in [2.75, 3.05) is 13.2 Å². The van der Waals surface area contributed by atoms with Crippen LogP contribution in [-0.4, -0.2) is 37.2 Å². The van der Waals surface area contributed by atoms with Crippen molar-refractivity contribution in [3.63, 3.8) is 0 Å². The molecule has 0 amide bonds. The molecular formula is C58H92O6. The van der Waals surface area contributed by atoms with Gasteiger partial charge in [0.1, 0.15) is 13.2 Å². The summed E-state index contributed by atoms with van der Waals surface area (Å²) < 4.78 is 16.7. The molecule has 0 aliphatic heterocycles. The molecule has 1 unspecified atom stereocenters. The summed E-state index contributed by atoms with van der Waals surface area (Å²) in [5.74, 6) is -0.981. The summed E-state index contributed by atoms with van der Waals surface area (Å²) in [6.45, 7) is 6.20. The fourth-order valence-electron chi connectivity index (χ4n) is 6.50. The van der Waals surface area contributed by atoms with E-state index in [0.717, 1.165) is 135 Å². The van der Waals surface area contributed by atoms with Gasteiger partial charge in [0.05, 0.1) is 0 Å². The number of ether oxygens (including phenoxy) is 3. The summed E-state index contributed by atoms with van der Waals surface area (Å²) >= 11 is 0. The van der Waals surface area contributed by atoms with Crippen molar-refractivity contribution < 1.29 is 28.6 Å². The zero-order chi connectivity index (χ0) is 46.5. The maximum absolute atomic E-state index is 12.8. The molecule has 0 aliphatic rings. The minimum Gasteiger partial charge on any atom is -0.462 e. The predicted octanol–water partition coefficient (Wildman–Crippen LogP) is 16.9. The van der Waals surface area contributed by atoms with E-state index in [4.69, 9.17) is 14.2 Å². The van der Waals surface area contributed by atoms with Gasteiger partial charge < -0.3 is 14.2 Å². The molecule has 0 bridgehead atoms. The van der Waals surface area contributed by atoms with E-state index in [9.17, 15) is 14.4 Å². The monoisotopic (exact) mass is 885 g/mol. The Morgan fingerprint density at radius 2 is 0.641 bits per heavy atom. The number of unbranched alkanes of at least 4 members (excludes halogenated alkanes) is 15. The molecule has 0 heterocycles. The van der Waals surface area contributed by atoms with E-state index >= 15 is 0 Å². The molecule has 0 spiro atoms. The summed E-state index contributed by atoms with van der Waals surface area (Å²) in [6, 6.07) is 0. The average Bonchev–Trinajstić information content (AvgIpc) is 3.29. The second kappa shape index (κ2) is 51.4. The molecule has 0 aromatic rings. The summed E-state index contributed by atoms with van der Waals surface area (Å²) in [4.78, 5) is 38.0. The van der Waals surface area contributed by atoms with Gasteiger partial charge in [0.2, 0.25) is 0 Å². The van der Waals surface area contributed by atoms with E-state index in [0.29, 0.717) is 19.3 Å². The Kier molecular flexibility index (Phi) is 48.1. The molecule has 0 saturated carbocycles. The molecule has 6 heteroatoms. The first-order valence-corrected chi connectivity index (χ1v) is 25.6. The van der Waals surface area contributed by atoms with Gasteiger partial charge in [-0.3, -0.25) is 14.4 Å². The molecule has 0 aromatic carbocycles. The van der Waals surface area contributed by atoms with E-state index in [1.807, 2.05) is 0 Å². The highest BCUT2D eigenvalue weighted by molar-refractivity contribution is 5.71. The lowest BCUT2D eigenvalue weighted by Gasteiger charge is -2.18. The Balaban J connectivity index is 4.47. The molecule has 0 aromatic heterocycles. The van der Waals surface area contributed by atoms with Crippen molar-refractivity contribution in [3.8, 4) is 0 Å². The molecule has 1 atom stereocenters.